The highest BCUT2D eigenvalue weighted by molar-refractivity contribution is 5.94. The Hall–Kier alpha value is -4.20. The maximum absolute atomic E-state index is 12.8. The predicted molar refractivity (Wildman–Crippen MR) is 122 cm³/mol. The first kappa shape index (κ1) is 21.0. The van der Waals surface area contributed by atoms with E-state index in [1.165, 1.54) is 19.1 Å². The van der Waals surface area contributed by atoms with Crippen LogP contribution in [0.3, 0.4) is 0 Å². The number of carbonyl (C=O) groups is 1. The Morgan fingerprint density at radius 1 is 0.938 bits per heavy atom. The molecular weight excluding hydrogens is 408 g/mol. The highest BCUT2D eigenvalue weighted by Crippen LogP contribution is 2.29. The van der Waals surface area contributed by atoms with Gasteiger partial charge in [-0.2, -0.15) is 0 Å². The molecule has 4 aromatic rings. The SMILES string of the molecule is COc1cc(OC)c2c(=O)[nH]c(-c3cccc(-c4ccc(C(=O)N(C)C)cc4)n3)nc2c1. The zero-order valence-corrected chi connectivity index (χ0v) is 18.2. The highest BCUT2D eigenvalue weighted by Gasteiger charge is 2.14. The molecule has 0 spiro atoms. The van der Waals surface area contributed by atoms with Gasteiger partial charge in [0.1, 0.15) is 22.6 Å². The normalized spacial score (nSPS) is 10.8. The molecule has 4 rings (SSSR count). The lowest BCUT2D eigenvalue weighted by molar-refractivity contribution is 0.0827. The van der Waals surface area contributed by atoms with Gasteiger partial charge in [-0.3, -0.25) is 9.59 Å². The summed E-state index contributed by atoms with van der Waals surface area (Å²) >= 11 is 0. The third-order valence-electron chi connectivity index (χ3n) is 5.03. The minimum Gasteiger partial charge on any atom is -0.497 e. The fourth-order valence-electron chi connectivity index (χ4n) is 3.38. The average Bonchev–Trinajstić information content (AvgIpc) is 2.82. The summed E-state index contributed by atoms with van der Waals surface area (Å²) in [7, 11) is 6.45. The van der Waals surface area contributed by atoms with Crippen molar-refractivity contribution >= 4 is 16.8 Å². The van der Waals surface area contributed by atoms with Crippen molar-refractivity contribution in [3.05, 3.63) is 70.5 Å². The molecule has 1 amide bonds. The molecule has 0 saturated carbocycles. The fourth-order valence-corrected chi connectivity index (χ4v) is 3.38. The Morgan fingerprint density at radius 2 is 1.66 bits per heavy atom. The Labute approximate surface area is 184 Å². The molecular formula is C24H22N4O4. The summed E-state index contributed by atoms with van der Waals surface area (Å²) < 4.78 is 10.6. The van der Waals surface area contributed by atoms with Gasteiger partial charge in [-0.25, -0.2) is 9.97 Å². The Balaban J connectivity index is 1.76. The molecule has 0 saturated heterocycles. The standard InChI is InChI=1S/C24H22N4O4/c1-28(2)24(30)15-10-8-14(9-11-15)17-6-5-7-18(25-17)22-26-19-12-16(31-3)13-20(32-4)21(19)23(29)27-22/h5-13H,1-4H3,(H,26,27,29). The summed E-state index contributed by atoms with van der Waals surface area (Å²) in [4.78, 5) is 38.5. The molecule has 0 aliphatic carbocycles. The maximum Gasteiger partial charge on any atom is 0.262 e. The first-order valence-corrected chi connectivity index (χ1v) is 9.87. The van der Waals surface area contributed by atoms with Gasteiger partial charge in [0, 0.05) is 37.4 Å². The molecule has 1 N–H and O–H groups in total. The third kappa shape index (κ3) is 3.90. The molecule has 8 nitrogen and oxygen atoms in total. The molecule has 2 aromatic carbocycles. The highest BCUT2D eigenvalue weighted by atomic mass is 16.5. The second kappa shape index (κ2) is 8.50. The molecule has 0 aliphatic heterocycles. The number of hydrogen-bond donors (Lipinski definition) is 1. The van der Waals surface area contributed by atoms with Gasteiger partial charge in [0.05, 0.1) is 25.4 Å². The lowest BCUT2D eigenvalue weighted by atomic mass is 10.1. The molecule has 8 heteroatoms. The van der Waals surface area contributed by atoms with Crippen molar-refractivity contribution in [3.63, 3.8) is 0 Å². The van der Waals surface area contributed by atoms with Crippen LogP contribution in [-0.4, -0.2) is 54.1 Å². The molecule has 0 atom stereocenters. The van der Waals surface area contributed by atoms with E-state index < -0.39 is 0 Å². The van der Waals surface area contributed by atoms with Crippen molar-refractivity contribution in [1.82, 2.24) is 19.9 Å². The molecule has 2 heterocycles. The number of pyridine rings is 1. The number of nitrogens with zero attached hydrogens (tertiary/aromatic N) is 3. The number of hydrogen-bond acceptors (Lipinski definition) is 6. The summed E-state index contributed by atoms with van der Waals surface area (Å²) in [6.07, 6.45) is 0. The zero-order valence-electron chi connectivity index (χ0n) is 18.2. The van der Waals surface area contributed by atoms with E-state index >= 15 is 0 Å². The number of ether oxygens (including phenoxy) is 2. The largest absolute Gasteiger partial charge is 0.497 e. The Kier molecular flexibility index (Phi) is 5.59. The second-order valence-electron chi connectivity index (χ2n) is 7.32. The molecule has 0 aliphatic rings. The smallest absolute Gasteiger partial charge is 0.262 e. The van der Waals surface area contributed by atoms with E-state index in [9.17, 15) is 9.59 Å². The third-order valence-corrected chi connectivity index (χ3v) is 5.03. The number of rotatable bonds is 5. The van der Waals surface area contributed by atoms with Crippen molar-refractivity contribution in [2.75, 3.05) is 28.3 Å². The topological polar surface area (TPSA) is 97.4 Å². The van der Waals surface area contributed by atoms with Crippen LogP contribution in [0.1, 0.15) is 10.4 Å². The number of fused-ring (bicyclic) bond motifs is 1. The summed E-state index contributed by atoms with van der Waals surface area (Å²) in [5, 5.41) is 0.342. The number of benzene rings is 2. The molecule has 162 valence electrons. The van der Waals surface area contributed by atoms with E-state index in [2.05, 4.69) is 15.0 Å². The number of amides is 1. The van der Waals surface area contributed by atoms with Gasteiger partial charge in [0.2, 0.25) is 0 Å². The number of aromatic amines is 1. The van der Waals surface area contributed by atoms with Crippen LogP contribution >= 0.6 is 0 Å². The van der Waals surface area contributed by atoms with E-state index in [1.807, 2.05) is 24.3 Å². The molecule has 0 radical (unpaired) electrons. The predicted octanol–water partition coefficient (Wildman–Crippen LogP) is 3.37. The first-order chi connectivity index (χ1) is 15.4. The Morgan fingerprint density at radius 3 is 2.31 bits per heavy atom. The summed E-state index contributed by atoms with van der Waals surface area (Å²) in [5.74, 6) is 1.18. The zero-order chi connectivity index (χ0) is 22.8. The van der Waals surface area contributed by atoms with Crippen LogP contribution in [0.25, 0.3) is 33.7 Å². The second-order valence-corrected chi connectivity index (χ2v) is 7.32. The van der Waals surface area contributed by atoms with Gasteiger partial charge in [-0.15, -0.1) is 0 Å². The summed E-state index contributed by atoms with van der Waals surface area (Å²) in [6, 6.07) is 16.0. The van der Waals surface area contributed by atoms with Crippen molar-refractivity contribution in [2.45, 2.75) is 0 Å². The maximum atomic E-state index is 12.8. The molecule has 0 unspecified atom stereocenters. The van der Waals surface area contributed by atoms with E-state index in [4.69, 9.17) is 9.47 Å². The van der Waals surface area contributed by atoms with Crippen LogP contribution in [0, 0.1) is 0 Å². The summed E-state index contributed by atoms with van der Waals surface area (Å²) in [5.41, 5.74) is 2.75. The monoisotopic (exact) mass is 430 g/mol. The quantitative estimate of drug-likeness (QED) is 0.521. The van der Waals surface area contributed by atoms with Crippen LogP contribution in [0.15, 0.2) is 59.4 Å². The van der Waals surface area contributed by atoms with E-state index in [0.29, 0.717) is 45.2 Å². The fraction of sp³-hybridized carbons (Fsp3) is 0.167. The Bertz CT molecular complexity index is 1360. The van der Waals surface area contributed by atoms with Gasteiger partial charge >= 0.3 is 0 Å². The number of carbonyl (C=O) groups excluding carboxylic acids is 1. The number of aromatic nitrogens is 3. The van der Waals surface area contributed by atoms with Crippen molar-refractivity contribution in [3.8, 4) is 34.3 Å². The minimum absolute atomic E-state index is 0.0675. The van der Waals surface area contributed by atoms with Gasteiger partial charge in [0.25, 0.3) is 11.5 Å². The van der Waals surface area contributed by atoms with E-state index in [1.54, 1.807) is 44.4 Å². The van der Waals surface area contributed by atoms with Crippen LogP contribution in [0.4, 0.5) is 0 Å². The number of H-pyrrole nitrogens is 1. The van der Waals surface area contributed by atoms with Gasteiger partial charge in [0.15, 0.2) is 5.82 Å². The molecule has 2 aromatic heterocycles. The van der Waals surface area contributed by atoms with Gasteiger partial charge < -0.3 is 19.4 Å². The average molecular weight is 430 g/mol. The lowest BCUT2D eigenvalue weighted by Crippen LogP contribution is -2.21. The van der Waals surface area contributed by atoms with Gasteiger partial charge in [-0.1, -0.05) is 18.2 Å². The van der Waals surface area contributed by atoms with Crippen LogP contribution in [0.2, 0.25) is 0 Å². The molecule has 32 heavy (non-hydrogen) atoms. The van der Waals surface area contributed by atoms with Crippen LogP contribution in [-0.2, 0) is 0 Å². The first-order valence-electron chi connectivity index (χ1n) is 9.87. The minimum atomic E-state index is -0.330. The van der Waals surface area contributed by atoms with Crippen molar-refractivity contribution < 1.29 is 14.3 Å². The van der Waals surface area contributed by atoms with Crippen LogP contribution < -0.4 is 15.0 Å². The van der Waals surface area contributed by atoms with Gasteiger partial charge in [-0.05, 0) is 24.3 Å². The van der Waals surface area contributed by atoms with Crippen molar-refractivity contribution in [2.24, 2.45) is 0 Å². The molecule has 0 bridgehead atoms. The number of methoxy groups -OCH3 is 2. The van der Waals surface area contributed by atoms with E-state index in [0.717, 1.165) is 5.56 Å². The molecule has 0 fully saturated rings. The van der Waals surface area contributed by atoms with Crippen LogP contribution in [0.5, 0.6) is 11.5 Å². The van der Waals surface area contributed by atoms with Crippen molar-refractivity contribution in [1.29, 1.82) is 0 Å². The lowest BCUT2D eigenvalue weighted by Gasteiger charge is -2.11. The van der Waals surface area contributed by atoms with E-state index in [-0.39, 0.29) is 11.5 Å². The summed E-state index contributed by atoms with van der Waals surface area (Å²) in [6.45, 7) is 0. The number of nitrogens with one attached hydrogen (secondary N) is 1.